The van der Waals surface area contributed by atoms with Gasteiger partial charge in [0.25, 0.3) is 0 Å². The summed E-state index contributed by atoms with van der Waals surface area (Å²) >= 11 is 3.38. The minimum absolute atomic E-state index is 0.364. The summed E-state index contributed by atoms with van der Waals surface area (Å²) in [6, 6.07) is 4.46. The lowest BCUT2D eigenvalue weighted by Gasteiger charge is -2.17. The molecule has 1 aromatic rings. The molecule has 0 aliphatic heterocycles. The summed E-state index contributed by atoms with van der Waals surface area (Å²) < 4.78 is 1.03. The maximum atomic E-state index is 4.39. The Kier molecular flexibility index (Phi) is 4.55. The smallest absolute Gasteiger partial charge is 0.0574 e. The van der Waals surface area contributed by atoms with Crippen molar-refractivity contribution in [3.05, 3.63) is 28.5 Å². The monoisotopic (exact) mass is 256 g/mol. The van der Waals surface area contributed by atoms with E-state index in [1.54, 1.807) is 0 Å². The van der Waals surface area contributed by atoms with Gasteiger partial charge < -0.3 is 5.32 Å². The normalized spacial score (nSPS) is 13.2. The molecule has 0 fully saturated rings. The van der Waals surface area contributed by atoms with Crippen molar-refractivity contribution in [2.24, 2.45) is 5.92 Å². The standard InChI is InChI=1S/C11H17BrN2/c1-8(2)6-11(13-3)10-5-4-9(12)7-14-10/h4-5,7-8,11,13H,6H2,1-3H3. The van der Waals surface area contributed by atoms with Gasteiger partial charge >= 0.3 is 0 Å². The molecule has 1 unspecified atom stereocenters. The van der Waals surface area contributed by atoms with Gasteiger partial charge in [0.2, 0.25) is 0 Å². The number of pyridine rings is 1. The fraction of sp³-hybridized carbons (Fsp3) is 0.545. The number of nitrogens with one attached hydrogen (secondary N) is 1. The molecule has 1 aromatic heterocycles. The van der Waals surface area contributed by atoms with Crippen LogP contribution in [0.3, 0.4) is 0 Å². The van der Waals surface area contributed by atoms with Gasteiger partial charge in [-0.3, -0.25) is 4.98 Å². The Morgan fingerprint density at radius 1 is 1.43 bits per heavy atom. The van der Waals surface area contributed by atoms with E-state index < -0.39 is 0 Å². The average molecular weight is 257 g/mol. The molecule has 2 nitrogen and oxygen atoms in total. The van der Waals surface area contributed by atoms with Crippen LogP contribution in [-0.4, -0.2) is 12.0 Å². The van der Waals surface area contributed by atoms with Crippen LogP contribution in [0.25, 0.3) is 0 Å². The van der Waals surface area contributed by atoms with Crippen LogP contribution in [0, 0.1) is 5.92 Å². The summed E-state index contributed by atoms with van der Waals surface area (Å²) in [6.45, 7) is 4.45. The summed E-state index contributed by atoms with van der Waals surface area (Å²) in [7, 11) is 1.98. The third-order valence-electron chi connectivity index (χ3n) is 2.16. The molecule has 1 atom stereocenters. The first kappa shape index (κ1) is 11.7. The number of rotatable bonds is 4. The van der Waals surface area contributed by atoms with Crippen LogP contribution >= 0.6 is 15.9 Å². The Morgan fingerprint density at radius 3 is 2.57 bits per heavy atom. The van der Waals surface area contributed by atoms with Gasteiger partial charge in [-0.1, -0.05) is 13.8 Å². The van der Waals surface area contributed by atoms with Crippen LogP contribution in [-0.2, 0) is 0 Å². The van der Waals surface area contributed by atoms with Crippen molar-refractivity contribution in [1.29, 1.82) is 0 Å². The van der Waals surface area contributed by atoms with E-state index in [0.717, 1.165) is 16.6 Å². The summed E-state index contributed by atoms with van der Waals surface area (Å²) in [6.07, 6.45) is 2.96. The zero-order valence-corrected chi connectivity index (χ0v) is 10.5. The van der Waals surface area contributed by atoms with Crippen LogP contribution in [0.2, 0.25) is 0 Å². The first-order valence-corrected chi connectivity index (χ1v) is 5.71. The van der Waals surface area contributed by atoms with Gasteiger partial charge in [-0.15, -0.1) is 0 Å². The Bertz CT molecular complexity index is 269. The van der Waals surface area contributed by atoms with Gasteiger partial charge in [-0.05, 0) is 47.4 Å². The summed E-state index contributed by atoms with van der Waals surface area (Å²) in [4.78, 5) is 4.39. The van der Waals surface area contributed by atoms with Crippen molar-refractivity contribution in [3.8, 4) is 0 Å². The van der Waals surface area contributed by atoms with Crippen LogP contribution in [0.1, 0.15) is 32.0 Å². The minimum atomic E-state index is 0.364. The molecule has 0 aliphatic carbocycles. The van der Waals surface area contributed by atoms with Gasteiger partial charge in [0.1, 0.15) is 0 Å². The van der Waals surface area contributed by atoms with Gasteiger partial charge in [0, 0.05) is 16.7 Å². The second-order valence-corrected chi connectivity index (χ2v) is 4.79. The fourth-order valence-corrected chi connectivity index (χ4v) is 1.69. The molecule has 1 rings (SSSR count). The molecule has 1 heterocycles. The maximum Gasteiger partial charge on any atom is 0.0574 e. The number of halogens is 1. The molecular formula is C11H17BrN2. The number of hydrogen-bond acceptors (Lipinski definition) is 2. The lowest BCUT2D eigenvalue weighted by atomic mass is 10.0. The quantitative estimate of drug-likeness (QED) is 0.896. The van der Waals surface area contributed by atoms with Crippen LogP contribution in [0.5, 0.6) is 0 Å². The Hall–Kier alpha value is -0.410. The minimum Gasteiger partial charge on any atom is -0.312 e. The van der Waals surface area contributed by atoms with E-state index in [0.29, 0.717) is 12.0 Å². The second kappa shape index (κ2) is 5.47. The molecular weight excluding hydrogens is 240 g/mol. The van der Waals surface area contributed by atoms with Crippen molar-refractivity contribution < 1.29 is 0 Å². The fourth-order valence-electron chi connectivity index (χ4n) is 1.45. The van der Waals surface area contributed by atoms with E-state index in [-0.39, 0.29) is 0 Å². The van der Waals surface area contributed by atoms with E-state index in [1.807, 2.05) is 19.3 Å². The maximum absolute atomic E-state index is 4.39. The van der Waals surface area contributed by atoms with Crippen molar-refractivity contribution in [3.63, 3.8) is 0 Å². The second-order valence-electron chi connectivity index (χ2n) is 3.87. The lowest BCUT2D eigenvalue weighted by molar-refractivity contribution is 0.449. The van der Waals surface area contributed by atoms with Crippen molar-refractivity contribution in [2.75, 3.05) is 7.05 Å². The predicted molar refractivity (Wildman–Crippen MR) is 63.2 cm³/mol. The molecule has 0 radical (unpaired) electrons. The molecule has 0 aliphatic rings. The number of hydrogen-bond donors (Lipinski definition) is 1. The molecule has 0 spiro atoms. The van der Waals surface area contributed by atoms with Crippen molar-refractivity contribution in [2.45, 2.75) is 26.3 Å². The highest BCUT2D eigenvalue weighted by Gasteiger charge is 2.11. The highest BCUT2D eigenvalue weighted by atomic mass is 79.9. The average Bonchev–Trinajstić information content (AvgIpc) is 2.15. The summed E-state index contributed by atoms with van der Waals surface area (Å²) in [5.41, 5.74) is 1.12. The van der Waals surface area contributed by atoms with E-state index >= 15 is 0 Å². The highest BCUT2D eigenvalue weighted by Crippen LogP contribution is 2.20. The first-order chi connectivity index (χ1) is 6.63. The van der Waals surface area contributed by atoms with Crippen molar-refractivity contribution in [1.82, 2.24) is 10.3 Å². The van der Waals surface area contributed by atoms with E-state index in [1.165, 1.54) is 0 Å². The zero-order chi connectivity index (χ0) is 10.6. The van der Waals surface area contributed by atoms with Gasteiger partial charge in [-0.25, -0.2) is 0 Å². The molecule has 14 heavy (non-hydrogen) atoms. The van der Waals surface area contributed by atoms with Crippen LogP contribution < -0.4 is 5.32 Å². The van der Waals surface area contributed by atoms with E-state index in [4.69, 9.17) is 0 Å². The molecule has 0 saturated heterocycles. The van der Waals surface area contributed by atoms with Crippen LogP contribution in [0.4, 0.5) is 0 Å². The molecule has 0 saturated carbocycles. The first-order valence-electron chi connectivity index (χ1n) is 4.92. The third-order valence-corrected chi connectivity index (χ3v) is 2.63. The molecule has 1 N–H and O–H groups in total. The SMILES string of the molecule is CNC(CC(C)C)c1ccc(Br)cn1. The van der Waals surface area contributed by atoms with Gasteiger partial charge in [0.05, 0.1) is 5.69 Å². The number of aromatic nitrogens is 1. The predicted octanol–water partition coefficient (Wildman–Crippen LogP) is 3.15. The Balaban J connectivity index is 2.73. The van der Waals surface area contributed by atoms with Crippen molar-refractivity contribution >= 4 is 15.9 Å². The Morgan fingerprint density at radius 2 is 2.14 bits per heavy atom. The Labute approximate surface area is 94.3 Å². The number of nitrogens with zero attached hydrogens (tertiary/aromatic N) is 1. The highest BCUT2D eigenvalue weighted by molar-refractivity contribution is 9.10. The third kappa shape index (κ3) is 3.39. The molecule has 0 amide bonds. The molecule has 3 heteroatoms. The zero-order valence-electron chi connectivity index (χ0n) is 8.92. The van der Waals surface area contributed by atoms with Gasteiger partial charge in [-0.2, -0.15) is 0 Å². The lowest BCUT2D eigenvalue weighted by Crippen LogP contribution is -2.19. The molecule has 78 valence electrons. The van der Waals surface area contributed by atoms with Gasteiger partial charge in [0.15, 0.2) is 0 Å². The largest absolute Gasteiger partial charge is 0.312 e. The summed E-state index contributed by atoms with van der Waals surface area (Å²) in [5.74, 6) is 0.679. The topological polar surface area (TPSA) is 24.9 Å². The molecule has 0 aromatic carbocycles. The van der Waals surface area contributed by atoms with E-state index in [9.17, 15) is 0 Å². The van der Waals surface area contributed by atoms with E-state index in [2.05, 4.69) is 46.1 Å². The summed E-state index contributed by atoms with van der Waals surface area (Å²) in [5, 5.41) is 3.29. The van der Waals surface area contributed by atoms with Crippen LogP contribution in [0.15, 0.2) is 22.8 Å². The molecule has 0 bridgehead atoms.